The molecular weight excluding hydrogens is 580 g/mol. The van der Waals surface area contributed by atoms with Crippen molar-refractivity contribution in [2.45, 2.75) is 12.3 Å². The summed E-state index contributed by atoms with van der Waals surface area (Å²) in [4.78, 5) is 1.99. The fourth-order valence-electron chi connectivity index (χ4n) is 6.61. The molecule has 5 rings (SSSR count). The van der Waals surface area contributed by atoms with E-state index in [4.69, 9.17) is 6.42 Å². The Bertz CT molecular complexity index is 1910. The number of allylic oxidation sites excluding steroid dienone is 7. The van der Waals surface area contributed by atoms with Crippen LogP contribution in [0, 0.1) is 12.3 Å². The van der Waals surface area contributed by atoms with E-state index in [0.717, 1.165) is 74.7 Å². The van der Waals surface area contributed by atoms with Crippen molar-refractivity contribution in [3.8, 4) is 35.0 Å². The highest BCUT2D eigenvalue weighted by atomic mass is 79.9. The van der Waals surface area contributed by atoms with E-state index in [9.17, 15) is 10.2 Å². The number of fused-ring (bicyclic) bond motifs is 7. The minimum atomic E-state index is -0.988. The number of terminal acetylenes is 1. The number of halogens is 1. The highest BCUT2D eigenvalue weighted by Gasteiger charge is 2.53. The molecule has 2 aliphatic rings. The summed E-state index contributed by atoms with van der Waals surface area (Å²) >= 11 is 5.38. The van der Waals surface area contributed by atoms with Gasteiger partial charge >= 0.3 is 0 Å². The SMILES string of the molecule is BC1=C(/C=C(/B)C=C)SC(/C=C(/B)C)=C(C#C)C12c1cc(Br)ccc1-c1c2c(O)c(O)c2c(B)c(B)c(B)c(B)c12. The third kappa shape index (κ3) is 4.05. The molecule has 1 aliphatic carbocycles. The molecular formula is C30H28B7BrO2S. The van der Waals surface area contributed by atoms with Crippen LogP contribution >= 0.6 is 27.7 Å². The largest absolute Gasteiger partial charge is 0.504 e. The number of hydrogen-bond acceptors (Lipinski definition) is 3. The van der Waals surface area contributed by atoms with E-state index in [-0.39, 0.29) is 11.5 Å². The van der Waals surface area contributed by atoms with E-state index in [1.807, 2.05) is 27.8 Å². The smallest absolute Gasteiger partial charge is 0.165 e. The minimum absolute atomic E-state index is 0.0979. The number of hydrogen-bond donors (Lipinski definition) is 2. The minimum Gasteiger partial charge on any atom is -0.504 e. The van der Waals surface area contributed by atoms with Crippen LogP contribution in [0.5, 0.6) is 11.5 Å². The van der Waals surface area contributed by atoms with Gasteiger partial charge in [-0.15, -0.1) is 22.8 Å². The summed E-state index contributed by atoms with van der Waals surface area (Å²) in [5.41, 5.74) is 10.9. The molecule has 0 fully saturated rings. The van der Waals surface area contributed by atoms with Crippen molar-refractivity contribution in [2.24, 2.45) is 0 Å². The van der Waals surface area contributed by atoms with Gasteiger partial charge in [0.2, 0.25) is 0 Å². The standard InChI is InChI=1S/C30H28B7BrO2S/c1-4-12(32)9-18-29(37)30(15(5-2)17(41-18)8-11(3)31)16-10-13(38)6-7-14(16)19-20-21(27(39)28(40)22(19)30)24(34)26(36)25(35)23(20)33/h2,4,6-10,39-40H,1,31-37H2,3H3/b11-8+,12-9+. The molecule has 1 atom stereocenters. The topological polar surface area (TPSA) is 40.5 Å². The van der Waals surface area contributed by atoms with Crippen molar-refractivity contribution in [1.29, 1.82) is 0 Å². The van der Waals surface area contributed by atoms with Gasteiger partial charge in [-0.1, -0.05) is 93.3 Å². The maximum atomic E-state index is 12.1. The number of benzene rings is 3. The van der Waals surface area contributed by atoms with Crippen molar-refractivity contribution in [3.63, 3.8) is 0 Å². The van der Waals surface area contributed by atoms with Gasteiger partial charge in [-0.05, 0) is 34.2 Å². The first-order valence-corrected chi connectivity index (χ1v) is 15.3. The van der Waals surface area contributed by atoms with Gasteiger partial charge in [0.05, 0.1) is 5.41 Å². The normalized spacial score (nSPS) is 18.6. The second-order valence-corrected chi connectivity index (χ2v) is 13.4. The fraction of sp³-hybridized carbons (Fsp3) is 0.0667. The van der Waals surface area contributed by atoms with Crippen LogP contribution in [0.4, 0.5) is 0 Å². The number of rotatable bonds is 3. The first-order chi connectivity index (χ1) is 19.3. The molecule has 0 saturated carbocycles. The summed E-state index contributed by atoms with van der Waals surface area (Å²) < 4.78 is 0.918. The number of aromatic hydroxyl groups is 2. The Balaban J connectivity index is 2.17. The lowest BCUT2D eigenvalue weighted by Crippen LogP contribution is -2.48. The van der Waals surface area contributed by atoms with Gasteiger partial charge in [0.1, 0.15) is 54.9 Å². The van der Waals surface area contributed by atoms with Crippen molar-refractivity contribution >= 4 is 115 Å². The first kappa shape index (κ1) is 29.6. The van der Waals surface area contributed by atoms with E-state index in [1.165, 1.54) is 5.46 Å². The van der Waals surface area contributed by atoms with Crippen LogP contribution in [0.2, 0.25) is 0 Å². The second kappa shape index (κ2) is 10.4. The zero-order chi connectivity index (χ0) is 30.1. The predicted molar refractivity (Wildman–Crippen MR) is 202 cm³/mol. The Hall–Kier alpha value is -2.94. The summed E-state index contributed by atoms with van der Waals surface area (Å²) in [6, 6.07) is 6.27. The molecule has 2 nitrogen and oxygen atoms in total. The van der Waals surface area contributed by atoms with Gasteiger partial charge < -0.3 is 10.2 Å². The Morgan fingerprint density at radius 1 is 0.976 bits per heavy atom. The number of thioether (sulfide) groups is 1. The van der Waals surface area contributed by atoms with Gasteiger partial charge in [0.15, 0.2) is 11.5 Å². The third-order valence-electron chi connectivity index (χ3n) is 8.93. The monoisotopic (exact) mass is 608 g/mol. The average Bonchev–Trinajstić information content (AvgIpc) is 3.21. The summed E-state index contributed by atoms with van der Waals surface area (Å²) in [5, 5.41) is 25.6. The maximum Gasteiger partial charge on any atom is 0.165 e. The lowest BCUT2D eigenvalue weighted by atomic mass is 9.59. The van der Waals surface area contributed by atoms with Crippen LogP contribution in [0.3, 0.4) is 0 Å². The molecule has 194 valence electrons. The lowest BCUT2D eigenvalue weighted by Gasteiger charge is -2.40. The van der Waals surface area contributed by atoms with Crippen LogP contribution < -0.4 is 21.9 Å². The molecule has 0 radical (unpaired) electrons. The average molecular weight is 608 g/mol. The summed E-state index contributed by atoms with van der Waals surface area (Å²) in [7, 11) is 14.5. The Morgan fingerprint density at radius 2 is 1.61 bits per heavy atom. The van der Waals surface area contributed by atoms with Crippen LogP contribution in [0.15, 0.2) is 79.3 Å². The molecule has 3 aromatic rings. The van der Waals surface area contributed by atoms with E-state index in [2.05, 4.69) is 98.9 Å². The van der Waals surface area contributed by atoms with E-state index in [1.54, 1.807) is 11.8 Å². The van der Waals surface area contributed by atoms with Crippen molar-refractivity contribution < 1.29 is 10.2 Å². The van der Waals surface area contributed by atoms with Crippen LogP contribution in [0.1, 0.15) is 18.1 Å². The predicted octanol–water partition coefficient (Wildman–Crippen LogP) is -1.97. The third-order valence-corrected chi connectivity index (χ3v) is 10.6. The molecule has 1 spiro atoms. The lowest BCUT2D eigenvalue weighted by molar-refractivity contribution is 0.401. The number of phenolic OH excluding ortho intramolecular Hbond substituents is 2. The van der Waals surface area contributed by atoms with E-state index >= 15 is 0 Å². The number of phenols is 2. The van der Waals surface area contributed by atoms with Gasteiger partial charge in [0, 0.05) is 30.8 Å². The molecule has 41 heavy (non-hydrogen) atoms. The molecule has 1 unspecified atom stereocenters. The van der Waals surface area contributed by atoms with Crippen LogP contribution in [-0.2, 0) is 5.41 Å². The summed E-state index contributed by atoms with van der Waals surface area (Å²) in [6.45, 7) is 6.04. The fourth-order valence-corrected chi connectivity index (χ4v) is 8.37. The highest BCUT2D eigenvalue weighted by molar-refractivity contribution is 9.10. The highest BCUT2D eigenvalue weighted by Crippen LogP contribution is 2.65. The van der Waals surface area contributed by atoms with Crippen LogP contribution in [0.25, 0.3) is 21.9 Å². The summed E-state index contributed by atoms with van der Waals surface area (Å²) in [6.07, 6.45) is 12.6. The quantitative estimate of drug-likeness (QED) is 0.157. The van der Waals surface area contributed by atoms with Crippen LogP contribution in [-0.4, -0.2) is 65.1 Å². The first-order valence-electron chi connectivity index (χ1n) is 13.7. The molecule has 0 bridgehead atoms. The molecule has 1 aliphatic heterocycles. The van der Waals surface area contributed by atoms with Gasteiger partial charge in [-0.3, -0.25) is 0 Å². The second-order valence-electron chi connectivity index (χ2n) is 11.4. The van der Waals surface area contributed by atoms with Gasteiger partial charge in [-0.25, -0.2) is 0 Å². The van der Waals surface area contributed by atoms with E-state index in [0.29, 0.717) is 10.9 Å². The van der Waals surface area contributed by atoms with Crippen molar-refractivity contribution in [2.75, 3.05) is 0 Å². The molecule has 0 saturated heterocycles. The zero-order valence-corrected chi connectivity index (χ0v) is 27.3. The van der Waals surface area contributed by atoms with Crippen molar-refractivity contribution in [3.05, 3.63) is 90.4 Å². The molecule has 3 aromatic carbocycles. The molecule has 1 heterocycles. The molecule has 0 amide bonds. The Morgan fingerprint density at radius 3 is 2.20 bits per heavy atom. The molecule has 11 heteroatoms. The Labute approximate surface area is 261 Å². The molecule has 0 aromatic heterocycles. The molecule has 2 N–H and O–H groups in total. The van der Waals surface area contributed by atoms with Gasteiger partial charge in [0.25, 0.3) is 0 Å². The Kier molecular flexibility index (Phi) is 7.50. The zero-order valence-electron chi connectivity index (χ0n) is 24.9. The van der Waals surface area contributed by atoms with Crippen molar-refractivity contribution in [1.82, 2.24) is 0 Å². The summed E-state index contributed by atoms with van der Waals surface area (Å²) in [5.74, 6) is 2.87. The maximum absolute atomic E-state index is 12.1. The van der Waals surface area contributed by atoms with E-state index < -0.39 is 5.41 Å². The van der Waals surface area contributed by atoms with Gasteiger partial charge in [-0.2, -0.15) is 0 Å².